The highest BCUT2D eigenvalue weighted by Gasteiger charge is 2.33. The maximum Gasteiger partial charge on any atom is 0.204 e. The van der Waals surface area contributed by atoms with Crippen LogP contribution in [0, 0.1) is 0 Å². The molecule has 9 rings (SSSR count). The summed E-state index contributed by atoms with van der Waals surface area (Å²) in [5, 5.41) is 85.2. The zero-order chi connectivity index (χ0) is 36.5. The third-order valence-electron chi connectivity index (χ3n) is 10.2. The molecule has 9 aromatic carbocycles. The molecular formula is C46H30O7. The number of rotatable bonds is 4. The molecule has 7 N–H and O–H groups in total. The zero-order valence-corrected chi connectivity index (χ0v) is 27.9. The van der Waals surface area contributed by atoms with Crippen LogP contribution in [0.2, 0.25) is 0 Å². The molecule has 0 bridgehead atoms. The number of hydrogen-bond acceptors (Lipinski definition) is 7. The Balaban J connectivity index is 1.47. The first-order valence-electron chi connectivity index (χ1n) is 16.9. The average Bonchev–Trinajstić information content (AvgIpc) is 3.20. The van der Waals surface area contributed by atoms with Gasteiger partial charge >= 0.3 is 0 Å². The van der Waals surface area contributed by atoms with E-state index in [-0.39, 0.29) is 38.2 Å². The molecule has 0 atom stereocenters. The van der Waals surface area contributed by atoms with Crippen LogP contribution in [0.4, 0.5) is 0 Å². The first kappa shape index (κ1) is 31.6. The molecule has 0 aliphatic rings. The highest BCUT2D eigenvalue weighted by molar-refractivity contribution is 6.30. The number of hydrogen-bond donors (Lipinski definition) is 7. The third kappa shape index (κ3) is 4.68. The second-order valence-corrected chi connectivity index (χ2v) is 13.1. The Labute approximate surface area is 302 Å². The minimum Gasteiger partial charge on any atom is -0.506 e. The molecule has 7 heteroatoms. The number of benzene rings is 9. The summed E-state index contributed by atoms with van der Waals surface area (Å²) in [6.07, 6.45) is 0. The lowest BCUT2D eigenvalue weighted by atomic mass is 9.81. The molecule has 0 aliphatic carbocycles. The van der Waals surface area contributed by atoms with E-state index in [9.17, 15) is 35.7 Å². The Bertz CT molecular complexity index is 2950. The van der Waals surface area contributed by atoms with Gasteiger partial charge in [0.1, 0.15) is 5.75 Å². The smallest absolute Gasteiger partial charge is 0.204 e. The summed E-state index contributed by atoms with van der Waals surface area (Å²) in [7, 11) is 0. The van der Waals surface area contributed by atoms with Crippen molar-refractivity contribution in [2.75, 3.05) is 0 Å². The summed E-state index contributed by atoms with van der Waals surface area (Å²) in [6, 6.07) is 42.9. The Kier molecular flexibility index (Phi) is 7.07. The van der Waals surface area contributed by atoms with Gasteiger partial charge in [-0.05, 0) is 55.4 Å². The standard InChI is InChI=1S/C46H30O7/c47-40-34(27-11-2-1-3-12-27)41(48)42(49)38-35(32-16-8-14-26-10-6-7-15-31(26)32)39-37(43(50)45(52)46(53)44(39)51)33(36(38)40)28-20-17-25(18-21-28)30-22-19-24-9-4-5-13-29(24)23-30/h1-23,47-53H. The van der Waals surface area contributed by atoms with Gasteiger partial charge in [0.2, 0.25) is 11.5 Å². The van der Waals surface area contributed by atoms with Crippen LogP contribution in [0.25, 0.3) is 87.6 Å². The highest BCUT2D eigenvalue weighted by Crippen LogP contribution is 2.62. The fourth-order valence-corrected chi connectivity index (χ4v) is 7.71. The van der Waals surface area contributed by atoms with E-state index in [0.29, 0.717) is 22.1 Å². The molecule has 0 fully saturated rings. The highest BCUT2D eigenvalue weighted by atomic mass is 16.3. The lowest BCUT2D eigenvalue weighted by molar-refractivity contribution is 0.351. The lowest BCUT2D eigenvalue weighted by Crippen LogP contribution is -1.96. The van der Waals surface area contributed by atoms with Crippen molar-refractivity contribution >= 4 is 43.1 Å². The van der Waals surface area contributed by atoms with Crippen molar-refractivity contribution in [1.29, 1.82) is 0 Å². The van der Waals surface area contributed by atoms with Crippen LogP contribution in [-0.2, 0) is 0 Å². The molecule has 0 aromatic heterocycles. The molecule has 0 saturated carbocycles. The van der Waals surface area contributed by atoms with Crippen molar-refractivity contribution < 1.29 is 35.7 Å². The Morgan fingerprint density at radius 3 is 1.45 bits per heavy atom. The molecule has 0 amide bonds. The topological polar surface area (TPSA) is 142 Å². The number of fused-ring (bicyclic) bond motifs is 4. The monoisotopic (exact) mass is 694 g/mol. The zero-order valence-electron chi connectivity index (χ0n) is 27.9. The minimum atomic E-state index is -0.970. The van der Waals surface area contributed by atoms with Gasteiger partial charge in [-0.2, -0.15) is 0 Å². The lowest BCUT2D eigenvalue weighted by Gasteiger charge is -2.24. The van der Waals surface area contributed by atoms with E-state index in [1.807, 2.05) is 78.9 Å². The predicted molar refractivity (Wildman–Crippen MR) is 210 cm³/mol. The van der Waals surface area contributed by atoms with Gasteiger partial charge in [0.15, 0.2) is 23.0 Å². The SMILES string of the molecule is Oc1c(O)c(O)c2c(-c3cccc4ccccc34)c3c(O)c(O)c(-c4ccccc4)c(O)c3c(-c3ccc(-c4ccc5ccccc5c4)cc3)c2c1O. The molecule has 0 unspecified atom stereocenters. The maximum atomic E-state index is 12.4. The van der Waals surface area contributed by atoms with E-state index < -0.39 is 40.2 Å². The fraction of sp³-hybridized carbons (Fsp3) is 0. The first-order chi connectivity index (χ1) is 25.7. The number of aromatic hydroxyl groups is 7. The molecule has 53 heavy (non-hydrogen) atoms. The van der Waals surface area contributed by atoms with Gasteiger partial charge in [-0.1, -0.05) is 133 Å². The van der Waals surface area contributed by atoms with Crippen molar-refractivity contribution in [2.24, 2.45) is 0 Å². The van der Waals surface area contributed by atoms with Crippen LogP contribution < -0.4 is 0 Å². The van der Waals surface area contributed by atoms with E-state index in [1.54, 1.807) is 54.6 Å². The van der Waals surface area contributed by atoms with Crippen molar-refractivity contribution in [3.8, 4) is 84.8 Å². The van der Waals surface area contributed by atoms with E-state index >= 15 is 0 Å². The molecule has 0 heterocycles. The van der Waals surface area contributed by atoms with Crippen molar-refractivity contribution in [3.63, 3.8) is 0 Å². The van der Waals surface area contributed by atoms with Crippen molar-refractivity contribution in [2.45, 2.75) is 0 Å². The van der Waals surface area contributed by atoms with E-state index in [4.69, 9.17) is 0 Å². The maximum absolute atomic E-state index is 12.4. The normalized spacial score (nSPS) is 11.5. The molecule has 0 saturated heterocycles. The van der Waals surface area contributed by atoms with Crippen LogP contribution >= 0.6 is 0 Å². The summed E-state index contributed by atoms with van der Waals surface area (Å²) in [4.78, 5) is 0. The van der Waals surface area contributed by atoms with E-state index in [0.717, 1.165) is 27.3 Å². The van der Waals surface area contributed by atoms with Gasteiger partial charge < -0.3 is 35.7 Å². The number of phenolic OH excluding ortho intramolecular Hbond substituents is 7. The summed E-state index contributed by atoms with van der Waals surface area (Å²) in [6.45, 7) is 0. The van der Waals surface area contributed by atoms with Crippen LogP contribution in [0.3, 0.4) is 0 Å². The van der Waals surface area contributed by atoms with Gasteiger partial charge in [-0.3, -0.25) is 0 Å². The largest absolute Gasteiger partial charge is 0.506 e. The van der Waals surface area contributed by atoms with E-state index in [2.05, 4.69) is 6.07 Å². The Morgan fingerprint density at radius 2 is 0.755 bits per heavy atom. The molecule has 9 aromatic rings. The molecule has 256 valence electrons. The molecular weight excluding hydrogens is 664 g/mol. The average molecular weight is 695 g/mol. The van der Waals surface area contributed by atoms with Gasteiger partial charge in [0.25, 0.3) is 0 Å². The first-order valence-corrected chi connectivity index (χ1v) is 16.9. The second-order valence-electron chi connectivity index (χ2n) is 13.1. The molecule has 7 nitrogen and oxygen atoms in total. The Morgan fingerprint density at radius 1 is 0.264 bits per heavy atom. The third-order valence-corrected chi connectivity index (χ3v) is 10.2. The van der Waals surface area contributed by atoms with Crippen LogP contribution in [0.15, 0.2) is 140 Å². The van der Waals surface area contributed by atoms with Crippen LogP contribution in [0.1, 0.15) is 0 Å². The van der Waals surface area contributed by atoms with Gasteiger partial charge in [0, 0.05) is 32.7 Å². The summed E-state index contributed by atoms with van der Waals surface area (Å²) < 4.78 is 0. The van der Waals surface area contributed by atoms with E-state index in [1.165, 1.54) is 0 Å². The quantitative estimate of drug-likeness (QED) is 0.0552. The van der Waals surface area contributed by atoms with Crippen molar-refractivity contribution in [3.05, 3.63) is 140 Å². The molecule has 0 aliphatic heterocycles. The summed E-state index contributed by atoms with van der Waals surface area (Å²) in [5.41, 5.74) is 3.32. The Hall–Kier alpha value is -7.38. The number of phenols is 7. The molecule has 0 radical (unpaired) electrons. The second kappa shape index (κ2) is 11.9. The summed E-state index contributed by atoms with van der Waals surface area (Å²) >= 11 is 0. The van der Waals surface area contributed by atoms with Gasteiger partial charge in [-0.15, -0.1) is 0 Å². The minimum absolute atomic E-state index is 0.0350. The van der Waals surface area contributed by atoms with Crippen molar-refractivity contribution in [1.82, 2.24) is 0 Å². The predicted octanol–water partition coefficient (Wildman–Crippen LogP) is 10.9. The summed E-state index contributed by atoms with van der Waals surface area (Å²) in [5.74, 6) is -5.06. The fourth-order valence-electron chi connectivity index (χ4n) is 7.71. The van der Waals surface area contributed by atoms with Gasteiger partial charge in [-0.25, -0.2) is 0 Å². The van der Waals surface area contributed by atoms with Crippen LogP contribution in [-0.4, -0.2) is 35.7 Å². The van der Waals surface area contributed by atoms with Gasteiger partial charge in [0.05, 0.1) is 5.56 Å². The molecule has 0 spiro atoms. The van der Waals surface area contributed by atoms with Crippen LogP contribution in [0.5, 0.6) is 40.2 Å².